The first-order valence-electron chi connectivity index (χ1n) is 13.7. The number of hydrogen-bond acceptors (Lipinski definition) is 2. The summed E-state index contributed by atoms with van der Waals surface area (Å²) in [5.74, 6) is 5.53. The van der Waals surface area contributed by atoms with Crippen LogP contribution >= 0.6 is 12.6 Å². The maximum Gasteiger partial charge on any atom is 0.0975 e. The van der Waals surface area contributed by atoms with Crippen molar-refractivity contribution in [1.82, 2.24) is 0 Å². The van der Waals surface area contributed by atoms with Crippen LogP contribution in [0.2, 0.25) is 0 Å². The maximum atomic E-state index is 6.12. The first-order valence-corrected chi connectivity index (χ1v) is 14.2. The lowest BCUT2D eigenvalue weighted by Crippen LogP contribution is -2.51. The predicted octanol–water partition coefficient (Wildman–Crippen LogP) is 8.69. The molecule has 4 aliphatic rings. The smallest absolute Gasteiger partial charge is 0.0975 e. The topological polar surface area (TPSA) is 9.23 Å². The average Bonchev–Trinajstić information content (AvgIpc) is 3.05. The highest BCUT2D eigenvalue weighted by Crippen LogP contribution is 2.67. The molecule has 31 heavy (non-hydrogen) atoms. The van der Waals surface area contributed by atoms with Gasteiger partial charge in [-0.15, -0.1) is 12.6 Å². The third kappa shape index (κ3) is 4.55. The molecule has 0 radical (unpaired) electrons. The van der Waals surface area contributed by atoms with Gasteiger partial charge in [0.05, 0.1) is 11.5 Å². The Bertz CT molecular complexity index is 653. The summed E-state index contributed by atoms with van der Waals surface area (Å²) in [4.78, 5) is 0. The molecule has 1 nitrogen and oxygen atoms in total. The van der Waals surface area contributed by atoms with E-state index in [0.717, 1.165) is 41.9 Å². The van der Waals surface area contributed by atoms with Crippen molar-refractivity contribution in [2.75, 3.05) is 0 Å². The standard InChI is InChI=1S/C29H50OS/c1-19(2)8-7-9-20(3)25-12-13-26-24-11-10-22-18-23(30-21(4)31)14-16-28(22,5)27(24)15-17-29(25,26)6/h10,19-21,23-27,31H,7-9,11-18H2,1-6H3/t20-,21?,23?,24+,25-,26+,27+,28+,29-/m1/s1. The van der Waals surface area contributed by atoms with Crippen molar-refractivity contribution < 1.29 is 4.74 Å². The van der Waals surface area contributed by atoms with Crippen LogP contribution in [0.25, 0.3) is 0 Å². The molecule has 9 atom stereocenters. The van der Waals surface area contributed by atoms with Gasteiger partial charge in [-0.05, 0) is 105 Å². The maximum absolute atomic E-state index is 6.12. The second-order valence-electron chi connectivity index (χ2n) is 12.9. The minimum absolute atomic E-state index is 0.0552. The summed E-state index contributed by atoms with van der Waals surface area (Å²) in [5.41, 5.74) is 2.83. The van der Waals surface area contributed by atoms with Gasteiger partial charge in [-0.1, -0.05) is 65.5 Å². The highest BCUT2D eigenvalue weighted by atomic mass is 32.1. The number of fused-ring (bicyclic) bond motifs is 5. The highest BCUT2D eigenvalue weighted by molar-refractivity contribution is 7.80. The van der Waals surface area contributed by atoms with E-state index in [-0.39, 0.29) is 5.44 Å². The average molecular weight is 447 g/mol. The Morgan fingerprint density at radius 1 is 1.00 bits per heavy atom. The van der Waals surface area contributed by atoms with Crippen molar-refractivity contribution in [2.45, 2.75) is 124 Å². The summed E-state index contributed by atoms with van der Waals surface area (Å²) in [5, 5.41) is 0. The molecule has 4 aliphatic carbocycles. The molecule has 3 saturated carbocycles. The lowest BCUT2D eigenvalue weighted by Gasteiger charge is -2.58. The lowest BCUT2D eigenvalue weighted by molar-refractivity contribution is -0.0650. The molecule has 4 rings (SSSR count). The zero-order chi connectivity index (χ0) is 22.4. The Kier molecular flexibility index (Phi) is 7.30. The predicted molar refractivity (Wildman–Crippen MR) is 136 cm³/mol. The van der Waals surface area contributed by atoms with Gasteiger partial charge >= 0.3 is 0 Å². The minimum atomic E-state index is 0.0552. The largest absolute Gasteiger partial charge is 0.365 e. The summed E-state index contributed by atoms with van der Waals surface area (Å²) >= 11 is 4.49. The summed E-state index contributed by atoms with van der Waals surface area (Å²) in [6.07, 6.45) is 18.3. The van der Waals surface area contributed by atoms with E-state index in [4.69, 9.17) is 4.74 Å². The second-order valence-corrected chi connectivity index (χ2v) is 13.6. The van der Waals surface area contributed by atoms with E-state index in [1.165, 1.54) is 64.2 Å². The van der Waals surface area contributed by atoms with E-state index in [1.54, 1.807) is 5.57 Å². The lowest BCUT2D eigenvalue weighted by atomic mass is 9.47. The zero-order valence-electron chi connectivity index (χ0n) is 21.3. The molecule has 0 heterocycles. The fourth-order valence-corrected chi connectivity index (χ4v) is 9.22. The monoisotopic (exact) mass is 446 g/mol. The van der Waals surface area contributed by atoms with Crippen molar-refractivity contribution in [1.29, 1.82) is 0 Å². The van der Waals surface area contributed by atoms with Crippen LogP contribution in [0.5, 0.6) is 0 Å². The Morgan fingerprint density at radius 3 is 2.48 bits per heavy atom. The third-order valence-corrected chi connectivity index (χ3v) is 10.8. The van der Waals surface area contributed by atoms with Gasteiger partial charge in [-0.3, -0.25) is 0 Å². The molecule has 2 unspecified atom stereocenters. The van der Waals surface area contributed by atoms with Crippen LogP contribution in [0.4, 0.5) is 0 Å². The van der Waals surface area contributed by atoms with E-state index in [0.29, 0.717) is 16.9 Å². The van der Waals surface area contributed by atoms with Gasteiger partial charge in [-0.2, -0.15) is 0 Å². The molecule has 0 aliphatic heterocycles. The molecular weight excluding hydrogens is 396 g/mol. The van der Waals surface area contributed by atoms with Gasteiger partial charge in [0.1, 0.15) is 0 Å². The van der Waals surface area contributed by atoms with Crippen molar-refractivity contribution in [3.63, 3.8) is 0 Å². The van der Waals surface area contributed by atoms with E-state index in [2.05, 4.69) is 60.2 Å². The van der Waals surface area contributed by atoms with Crippen LogP contribution in [-0.2, 0) is 4.74 Å². The van der Waals surface area contributed by atoms with Gasteiger partial charge in [0.25, 0.3) is 0 Å². The van der Waals surface area contributed by atoms with Gasteiger partial charge in [0.2, 0.25) is 0 Å². The Morgan fingerprint density at radius 2 is 1.77 bits per heavy atom. The molecule has 0 saturated heterocycles. The summed E-state index contributed by atoms with van der Waals surface area (Å²) in [6, 6.07) is 0. The molecule has 0 aromatic carbocycles. The Labute approximate surface area is 199 Å². The molecule has 2 heteroatoms. The first kappa shape index (κ1) is 24.2. The molecule has 0 bridgehead atoms. The van der Waals surface area contributed by atoms with E-state index in [9.17, 15) is 0 Å². The SMILES string of the molecule is CC(C)CCC[C@@H](C)[C@H]1CC[C@H]2[C@@H]3CC=C4CC(OC(C)S)CC[C@]4(C)[C@H]3CC[C@]12C. The minimum Gasteiger partial charge on any atom is -0.365 e. The molecule has 0 spiro atoms. The van der Waals surface area contributed by atoms with Crippen molar-refractivity contribution >= 4 is 12.6 Å². The van der Waals surface area contributed by atoms with Gasteiger partial charge in [0, 0.05) is 0 Å². The molecular formula is C29H50OS. The van der Waals surface area contributed by atoms with Gasteiger partial charge in [-0.25, -0.2) is 0 Å². The molecule has 3 fully saturated rings. The highest BCUT2D eigenvalue weighted by Gasteiger charge is 2.59. The Balaban J connectivity index is 1.46. The van der Waals surface area contributed by atoms with Crippen molar-refractivity contribution in [2.24, 2.45) is 46.3 Å². The quantitative estimate of drug-likeness (QED) is 0.234. The Hall–Kier alpha value is 0.0500. The third-order valence-electron chi connectivity index (χ3n) is 10.6. The summed E-state index contributed by atoms with van der Waals surface area (Å²) in [7, 11) is 0. The number of allylic oxidation sites excluding steroid dienone is 1. The van der Waals surface area contributed by atoms with Crippen LogP contribution in [0, 0.1) is 46.3 Å². The number of thiol groups is 1. The van der Waals surface area contributed by atoms with Crippen LogP contribution in [0.1, 0.15) is 112 Å². The molecule has 178 valence electrons. The van der Waals surface area contributed by atoms with Crippen LogP contribution in [-0.4, -0.2) is 11.5 Å². The number of hydrogen-bond donors (Lipinski definition) is 1. The summed E-state index contributed by atoms with van der Waals surface area (Å²) < 4.78 is 6.12. The van der Waals surface area contributed by atoms with Crippen LogP contribution in [0.3, 0.4) is 0 Å². The zero-order valence-corrected chi connectivity index (χ0v) is 22.2. The fourth-order valence-electron chi connectivity index (χ4n) is 9.05. The normalized spacial score (nSPS) is 44.3. The van der Waals surface area contributed by atoms with Crippen molar-refractivity contribution in [3.05, 3.63) is 11.6 Å². The molecule has 0 aromatic heterocycles. The van der Waals surface area contributed by atoms with E-state index < -0.39 is 0 Å². The van der Waals surface area contributed by atoms with Crippen LogP contribution < -0.4 is 0 Å². The van der Waals surface area contributed by atoms with Gasteiger partial charge < -0.3 is 4.74 Å². The summed E-state index contributed by atoms with van der Waals surface area (Å²) in [6.45, 7) is 14.7. The molecule has 0 N–H and O–H groups in total. The second kappa shape index (κ2) is 9.36. The number of ether oxygens (including phenoxy) is 1. The first-order chi connectivity index (χ1) is 14.6. The van der Waals surface area contributed by atoms with Crippen molar-refractivity contribution in [3.8, 4) is 0 Å². The van der Waals surface area contributed by atoms with Gasteiger partial charge in [0.15, 0.2) is 0 Å². The van der Waals surface area contributed by atoms with E-state index in [1.807, 2.05) is 0 Å². The molecule has 0 amide bonds. The fraction of sp³-hybridized carbons (Fsp3) is 0.931. The number of rotatable bonds is 7. The van der Waals surface area contributed by atoms with Crippen LogP contribution in [0.15, 0.2) is 11.6 Å². The van der Waals surface area contributed by atoms with E-state index >= 15 is 0 Å². The molecule has 0 aromatic rings.